The maximum atomic E-state index is 12.8. The SMILES string of the molecule is Cn1cc(C(=O)N2CCCC(Oc3ncc(F)cn3)C2)nn1. The first-order valence-electron chi connectivity index (χ1n) is 6.91. The van der Waals surface area contributed by atoms with Crippen LogP contribution in [0.1, 0.15) is 23.3 Å². The van der Waals surface area contributed by atoms with Crippen molar-refractivity contribution in [2.75, 3.05) is 13.1 Å². The number of ether oxygens (including phenoxy) is 1. The lowest BCUT2D eigenvalue weighted by molar-refractivity contribution is 0.0510. The van der Waals surface area contributed by atoms with Gasteiger partial charge in [-0.3, -0.25) is 9.48 Å². The minimum Gasteiger partial charge on any atom is -0.458 e. The van der Waals surface area contributed by atoms with Crippen molar-refractivity contribution in [1.29, 1.82) is 0 Å². The molecule has 9 heteroatoms. The third kappa shape index (κ3) is 3.18. The lowest BCUT2D eigenvalue weighted by Crippen LogP contribution is -2.44. The molecule has 0 saturated carbocycles. The number of carbonyl (C=O) groups is 1. The van der Waals surface area contributed by atoms with Gasteiger partial charge in [0.2, 0.25) is 0 Å². The molecule has 0 bridgehead atoms. The molecule has 0 spiro atoms. The summed E-state index contributed by atoms with van der Waals surface area (Å²) in [5.74, 6) is -0.697. The number of hydrogen-bond donors (Lipinski definition) is 0. The van der Waals surface area contributed by atoms with Crippen molar-refractivity contribution >= 4 is 5.91 Å². The molecular weight excluding hydrogens is 291 g/mol. The van der Waals surface area contributed by atoms with Crippen molar-refractivity contribution in [3.05, 3.63) is 30.1 Å². The van der Waals surface area contributed by atoms with E-state index in [1.807, 2.05) is 0 Å². The number of aryl methyl sites for hydroxylation is 1. The Hall–Kier alpha value is -2.58. The van der Waals surface area contributed by atoms with Gasteiger partial charge in [-0.1, -0.05) is 5.21 Å². The first-order valence-corrected chi connectivity index (χ1v) is 6.91. The van der Waals surface area contributed by atoms with Crippen molar-refractivity contribution in [3.8, 4) is 6.01 Å². The van der Waals surface area contributed by atoms with E-state index in [1.54, 1.807) is 18.1 Å². The zero-order valence-electron chi connectivity index (χ0n) is 12.0. The number of likely N-dealkylation sites (tertiary alicyclic amines) is 1. The highest BCUT2D eigenvalue weighted by Crippen LogP contribution is 2.16. The van der Waals surface area contributed by atoms with Gasteiger partial charge in [0.15, 0.2) is 11.5 Å². The van der Waals surface area contributed by atoms with E-state index in [1.165, 1.54) is 4.68 Å². The van der Waals surface area contributed by atoms with Crippen molar-refractivity contribution in [3.63, 3.8) is 0 Å². The molecule has 3 heterocycles. The molecule has 1 fully saturated rings. The van der Waals surface area contributed by atoms with Gasteiger partial charge in [-0.15, -0.1) is 5.10 Å². The molecule has 8 nitrogen and oxygen atoms in total. The van der Waals surface area contributed by atoms with E-state index in [4.69, 9.17) is 4.74 Å². The molecule has 116 valence electrons. The highest BCUT2D eigenvalue weighted by molar-refractivity contribution is 5.92. The Morgan fingerprint density at radius 3 is 2.86 bits per heavy atom. The van der Waals surface area contributed by atoms with Crippen molar-refractivity contribution < 1.29 is 13.9 Å². The largest absolute Gasteiger partial charge is 0.458 e. The molecule has 2 aromatic rings. The van der Waals surface area contributed by atoms with E-state index in [0.717, 1.165) is 25.2 Å². The predicted molar refractivity (Wildman–Crippen MR) is 72.5 cm³/mol. The Morgan fingerprint density at radius 2 is 2.18 bits per heavy atom. The van der Waals surface area contributed by atoms with Crippen LogP contribution in [0, 0.1) is 5.82 Å². The molecule has 2 aromatic heterocycles. The van der Waals surface area contributed by atoms with Crippen LogP contribution in [0.4, 0.5) is 4.39 Å². The van der Waals surface area contributed by atoms with Gasteiger partial charge in [-0.05, 0) is 12.8 Å². The lowest BCUT2D eigenvalue weighted by atomic mass is 10.1. The Morgan fingerprint density at radius 1 is 1.41 bits per heavy atom. The first kappa shape index (κ1) is 14.4. The summed E-state index contributed by atoms with van der Waals surface area (Å²) in [5.41, 5.74) is 0.307. The minimum atomic E-state index is -0.518. The molecular formula is C13H15FN6O2. The van der Waals surface area contributed by atoms with Gasteiger partial charge in [-0.25, -0.2) is 14.4 Å². The number of hydrogen-bond acceptors (Lipinski definition) is 6. The van der Waals surface area contributed by atoms with Crippen LogP contribution in [-0.4, -0.2) is 55.0 Å². The molecule has 1 amide bonds. The zero-order chi connectivity index (χ0) is 15.5. The first-order chi connectivity index (χ1) is 10.6. The molecule has 1 saturated heterocycles. The molecule has 1 aliphatic rings. The third-order valence-corrected chi connectivity index (χ3v) is 3.36. The maximum Gasteiger partial charge on any atom is 0.316 e. The van der Waals surface area contributed by atoms with Gasteiger partial charge in [0, 0.05) is 13.6 Å². The van der Waals surface area contributed by atoms with E-state index in [2.05, 4.69) is 20.3 Å². The molecule has 1 unspecified atom stereocenters. The summed E-state index contributed by atoms with van der Waals surface area (Å²) >= 11 is 0. The summed E-state index contributed by atoms with van der Waals surface area (Å²) in [4.78, 5) is 21.5. The molecule has 1 atom stereocenters. The van der Waals surface area contributed by atoms with E-state index in [9.17, 15) is 9.18 Å². The number of halogens is 1. The highest BCUT2D eigenvalue weighted by atomic mass is 19.1. The summed E-state index contributed by atoms with van der Waals surface area (Å²) in [6.45, 7) is 1.05. The van der Waals surface area contributed by atoms with Gasteiger partial charge in [-0.2, -0.15) is 0 Å². The van der Waals surface area contributed by atoms with E-state index in [0.29, 0.717) is 18.8 Å². The van der Waals surface area contributed by atoms with Crippen LogP contribution in [0.15, 0.2) is 18.6 Å². The number of piperidine rings is 1. The summed E-state index contributed by atoms with van der Waals surface area (Å²) in [6, 6.07) is 0.111. The number of amides is 1. The lowest BCUT2D eigenvalue weighted by Gasteiger charge is -2.31. The number of carbonyl (C=O) groups excluding carboxylic acids is 1. The van der Waals surface area contributed by atoms with Gasteiger partial charge in [0.1, 0.15) is 6.10 Å². The molecule has 0 N–H and O–H groups in total. The van der Waals surface area contributed by atoms with Crippen LogP contribution >= 0.6 is 0 Å². The van der Waals surface area contributed by atoms with Crippen LogP contribution in [0.3, 0.4) is 0 Å². The topological polar surface area (TPSA) is 86.0 Å². The Labute approximate surface area is 125 Å². The van der Waals surface area contributed by atoms with Crippen LogP contribution in [-0.2, 0) is 7.05 Å². The standard InChI is InChI=1S/C13H15FN6O2/c1-19-8-11(17-18-19)12(21)20-4-2-3-10(7-20)22-13-15-5-9(14)6-16-13/h5-6,8,10H,2-4,7H2,1H3. The Kier molecular flexibility index (Phi) is 3.94. The van der Waals surface area contributed by atoms with E-state index >= 15 is 0 Å². The summed E-state index contributed by atoms with van der Waals surface area (Å²) in [5, 5.41) is 7.58. The van der Waals surface area contributed by atoms with Crippen LogP contribution in [0.5, 0.6) is 6.01 Å². The highest BCUT2D eigenvalue weighted by Gasteiger charge is 2.27. The molecule has 1 aliphatic heterocycles. The maximum absolute atomic E-state index is 12.8. The average molecular weight is 306 g/mol. The molecule has 22 heavy (non-hydrogen) atoms. The second-order valence-electron chi connectivity index (χ2n) is 5.09. The quantitative estimate of drug-likeness (QED) is 0.817. The van der Waals surface area contributed by atoms with Crippen LogP contribution < -0.4 is 4.74 Å². The smallest absolute Gasteiger partial charge is 0.316 e. The van der Waals surface area contributed by atoms with Gasteiger partial charge in [0.05, 0.1) is 25.1 Å². The van der Waals surface area contributed by atoms with Gasteiger partial charge >= 0.3 is 6.01 Å². The second kappa shape index (κ2) is 6.04. The van der Waals surface area contributed by atoms with Gasteiger partial charge in [0.25, 0.3) is 5.91 Å². The molecule has 0 aliphatic carbocycles. The molecule has 0 aromatic carbocycles. The fourth-order valence-electron chi connectivity index (χ4n) is 2.34. The normalized spacial score (nSPS) is 18.3. The molecule has 3 rings (SSSR count). The van der Waals surface area contributed by atoms with Gasteiger partial charge < -0.3 is 9.64 Å². The molecule has 0 radical (unpaired) electrons. The average Bonchev–Trinajstić information content (AvgIpc) is 2.96. The van der Waals surface area contributed by atoms with Crippen molar-refractivity contribution in [2.45, 2.75) is 18.9 Å². The number of nitrogens with zero attached hydrogens (tertiary/aromatic N) is 6. The predicted octanol–water partition coefficient (Wildman–Crippen LogP) is 0.428. The third-order valence-electron chi connectivity index (χ3n) is 3.36. The second-order valence-corrected chi connectivity index (χ2v) is 5.09. The summed E-state index contributed by atoms with van der Waals surface area (Å²) in [6.07, 6.45) is 5.04. The van der Waals surface area contributed by atoms with Crippen molar-refractivity contribution in [2.24, 2.45) is 7.05 Å². The number of rotatable bonds is 3. The van der Waals surface area contributed by atoms with Crippen LogP contribution in [0.2, 0.25) is 0 Å². The van der Waals surface area contributed by atoms with E-state index in [-0.39, 0.29) is 18.0 Å². The Bertz CT molecular complexity index is 659. The summed E-state index contributed by atoms with van der Waals surface area (Å²) < 4.78 is 19.9. The minimum absolute atomic E-state index is 0.111. The number of aromatic nitrogens is 5. The van der Waals surface area contributed by atoms with Crippen LogP contribution in [0.25, 0.3) is 0 Å². The zero-order valence-corrected chi connectivity index (χ0v) is 12.0. The fraction of sp³-hybridized carbons (Fsp3) is 0.462. The fourth-order valence-corrected chi connectivity index (χ4v) is 2.34. The monoisotopic (exact) mass is 306 g/mol. The summed E-state index contributed by atoms with van der Waals surface area (Å²) in [7, 11) is 1.71. The Balaban J connectivity index is 1.63. The van der Waals surface area contributed by atoms with Crippen molar-refractivity contribution in [1.82, 2.24) is 29.9 Å². The van der Waals surface area contributed by atoms with E-state index < -0.39 is 5.82 Å².